The van der Waals surface area contributed by atoms with Gasteiger partial charge >= 0.3 is 11.9 Å². The summed E-state index contributed by atoms with van der Waals surface area (Å²) in [6.45, 7) is 0.0771. The van der Waals surface area contributed by atoms with Crippen molar-refractivity contribution >= 4 is 17.7 Å². The van der Waals surface area contributed by atoms with E-state index in [4.69, 9.17) is 4.84 Å². The number of benzene rings is 1. The molecule has 0 spiro atoms. The molecule has 1 aliphatic heterocycles. The van der Waals surface area contributed by atoms with E-state index in [2.05, 4.69) is 0 Å². The first kappa shape index (κ1) is 15.1. The average Bonchev–Trinajstić information content (AvgIpc) is 2.43. The summed E-state index contributed by atoms with van der Waals surface area (Å²) in [6, 6.07) is 8.36. The Hall–Kier alpha value is -2.25. The smallest absolute Gasteiger partial charge is 0.338 e. The molecule has 0 bridgehead atoms. The predicted octanol–water partition coefficient (Wildman–Crippen LogP) is 0.661. The number of nitrogens with zero attached hydrogens (tertiary/aromatic N) is 1. The van der Waals surface area contributed by atoms with E-state index in [0.717, 1.165) is 5.06 Å². The molecule has 1 aromatic rings. The first-order valence-corrected chi connectivity index (χ1v) is 6.31. The summed E-state index contributed by atoms with van der Waals surface area (Å²) < 4.78 is 0. The van der Waals surface area contributed by atoms with Crippen LogP contribution in [-0.4, -0.2) is 52.2 Å². The third kappa shape index (κ3) is 2.30. The predicted molar refractivity (Wildman–Crippen MR) is 70.6 cm³/mol. The minimum Gasteiger partial charge on any atom is -0.479 e. The lowest BCUT2D eigenvalue weighted by molar-refractivity contribution is -0.282. The molecule has 1 unspecified atom stereocenters. The molecule has 7 nitrogen and oxygen atoms in total. The number of carboxylic acids is 2. The molecule has 0 aliphatic carbocycles. The summed E-state index contributed by atoms with van der Waals surface area (Å²) >= 11 is 0. The Morgan fingerprint density at radius 3 is 2.29 bits per heavy atom. The van der Waals surface area contributed by atoms with Gasteiger partial charge in [0.15, 0.2) is 5.78 Å². The third-order valence-corrected chi connectivity index (χ3v) is 3.77. The van der Waals surface area contributed by atoms with Crippen molar-refractivity contribution in [1.82, 2.24) is 5.06 Å². The topological polar surface area (TPSA) is 104 Å². The van der Waals surface area contributed by atoms with E-state index in [9.17, 15) is 24.6 Å². The first-order chi connectivity index (χ1) is 9.94. The van der Waals surface area contributed by atoms with Crippen molar-refractivity contribution in [1.29, 1.82) is 0 Å². The molecule has 1 aliphatic rings. The van der Waals surface area contributed by atoms with Crippen molar-refractivity contribution in [2.75, 3.05) is 13.7 Å². The van der Waals surface area contributed by atoms with Crippen molar-refractivity contribution in [2.24, 2.45) is 5.92 Å². The zero-order valence-corrected chi connectivity index (χ0v) is 11.4. The van der Waals surface area contributed by atoms with Crippen molar-refractivity contribution in [3.05, 3.63) is 35.9 Å². The number of carboxylic acid groups (broad SMARTS) is 2. The number of hydrogen-bond acceptors (Lipinski definition) is 5. The van der Waals surface area contributed by atoms with Gasteiger partial charge in [0.2, 0.25) is 5.54 Å². The van der Waals surface area contributed by atoms with Gasteiger partial charge in [-0.3, -0.25) is 4.79 Å². The number of hydroxylamine groups is 2. The molecule has 1 atom stereocenters. The second kappa shape index (κ2) is 5.63. The Labute approximate surface area is 120 Å². The van der Waals surface area contributed by atoms with Gasteiger partial charge in [-0.2, -0.15) is 5.06 Å². The highest BCUT2D eigenvalue weighted by atomic mass is 16.7. The zero-order chi connectivity index (χ0) is 15.6. The lowest BCUT2D eigenvalue weighted by atomic mass is 9.72. The normalized spacial score (nSPS) is 20.5. The van der Waals surface area contributed by atoms with Gasteiger partial charge in [0.1, 0.15) is 0 Å². The largest absolute Gasteiger partial charge is 0.479 e. The molecule has 0 saturated carbocycles. The van der Waals surface area contributed by atoms with Crippen molar-refractivity contribution < 1.29 is 29.4 Å². The molecule has 21 heavy (non-hydrogen) atoms. The number of hydrogen-bond donors (Lipinski definition) is 2. The molecule has 0 amide bonds. The average molecular weight is 293 g/mol. The maximum atomic E-state index is 12.1. The van der Waals surface area contributed by atoms with Gasteiger partial charge < -0.3 is 15.1 Å². The van der Waals surface area contributed by atoms with E-state index >= 15 is 0 Å². The maximum Gasteiger partial charge on any atom is 0.338 e. The molecular weight excluding hydrogens is 278 g/mol. The van der Waals surface area contributed by atoms with Gasteiger partial charge in [0.25, 0.3) is 0 Å². The Morgan fingerprint density at radius 2 is 1.81 bits per heavy atom. The van der Waals surface area contributed by atoms with Gasteiger partial charge in [0.05, 0.1) is 7.11 Å². The number of aliphatic carboxylic acids is 2. The van der Waals surface area contributed by atoms with E-state index in [1.165, 1.54) is 7.11 Å². The van der Waals surface area contributed by atoms with Crippen LogP contribution in [0.25, 0.3) is 0 Å². The fraction of sp³-hybridized carbons (Fsp3) is 0.357. The quantitative estimate of drug-likeness (QED) is 0.586. The summed E-state index contributed by atoms with van der Waals surface area (Å²) in [4.78, 5) is 39.8. The minimum absolute atomic E-state index is 0.0771. The molecule has 1 fully saturated rings. The molecule has 1 heterocycles. The highest BCUT2D eigenvalue weighted by Crippen LogP contribution is 2.40. The summed E-state index contributed by atoms with van der Waals surface area (Å²) in [5, 5.41) is 19.5. The molecule has 112 valence electrons. The van der Waals surface area contributed by atoms with Crippen molar-refractivity contribution in [3.63, 3.8) is 0 Å². The summed E-state index contributed by atoms with van der Waals surface area (Å²) in [6.07, 6.45) is -0.164. The van der Waals surface area contributed by atoms with Crippen LogP contribution in [0.1, 0.15) is 16.8 Å². The van der Waals surface area contributed by atoms with Crippen LogP contribution in [0.5, 0.6) is 0 Å². The van der Waals surface area contributed by atoms with Crippen molar-refractivity contribution in [2.45, 2.75) is 12.0 Å². The molecule has 7 heteroatoms. The molecule has 2 rings (SSSR count). The van der Waals surface area contributed by atoms with Crippen LogP contribution < -0.4 is 0 Å². The van der Waals surface area contributed by atoms with E-state index in [0.29, 0.717) is 5.56 Å². The van der Waals surface area contributed by atoms with Crippen LogP contribution in [-0.2, 0) is 14.4 Å². The van der Waals surface area contributed by atoms with Gasteiger partial charge in [-0.15, -0.1) is 0 Å². The molecule has 1 saturated heterocycles. The lowest BCUT2D eigenvalue weighted by Crippen LogP contribution is -2.75. The van der Waals surface area contributed by atoms with E-state index in [-0.39, 0.29) is 18.7 Å². The summed E-state index contributed by atoms with van der Waals surface area (Å²) in [5.41, 5.74) is -1.78. The SMILES string of the molecule is CON1CC(CC(=O)c2ccccc2)C1(C(=O)O)C(=O)O. The molecular formula is C14H15NO6. The van der Waals surface area contributed by atoms with Crippen LogP contribution in [0.15, 0.2) is 30.3 Å². The Bertz CT molecular complexity index is 556. The number of Topliss-reactive ketones (excluding diaryl/α,β-unsaturated/α-hetero) is 1. The molecule has 0 aromatic heterocycles. The van der Waals surface area contributed by atoms with Gasteiger partial charge in [-0.25, -0.2) is 9.59 Å². The second-order valence-electron chi connectivity index (χ2n) is 4.81. The monoisotopic (exact) mass is 293 g/mol. The number of rotatable bonds is 6. The van der Waals surface area contributed by atoms with Crippen LogP contribution >= 0.6 is 0 Å². The second-order valence-corrected chi connectivity index (χ2v) is 4.81. The highest BCUT2D eigenvalue weighted by molar-refractivity contribution is 6.06. The Balaban J connectivity index is 2.22. The first-order valence-electron chi connectivity index (χ1n) is 6.31. The van der Waals surface area contributed by atoms with Gasteiger partial charge in [-0.05, 0) is 0 Å². The van der Waals surface area contributed by atoms with Gasteiger partial charge in [0, 0.05) is 24.4 Å². The van der Waals surface area contributed by atoms with Gasteiger partial charge in [-0.1, -0.05) is 30.3 Å². The molecule has 0 radical (unpaired) electrons. The zero-order valence-electron chi connectivity index (χ0n) is 11.4. The number of ketones is 1. The van der Waals surface area contributed by atoms with Crippen molar-refractivity contribution in [3.8, 4) is 0 Å². The van der Waals surface area contributed by atoms with E-state index in [1.807, 2.05) is 0 Å². The Kier molecular flexibility index (Phi) is 4.06. The Morgan fingerprint density at radius 1 is 1.24 bits per heavy atom. The minimum atomic E-state index is -2.21. The number of carbonyl (C=O) groups excluding carboxylic acids is 1. The summed E-state index contributed by atoms with van der Waals surface area (Å²) in [7, 11) is 1.20. The maximum absolute atomic E-state index is 12.1. The van der Waals surface area contributed by atoms with Crippen LogP contribution in [0, 0.1) is 5.92 Å². The fourth-order valence-corrected chi connectivity index (χ4v) is 2.62. The number of carbonyl (C=O) groups is 3. The highest BCUT2D eigenvalue weighted by Gasteiger charge is 2.66. The lowest BCUT2D eigenvalue weighted by Gasteiger charge is -2.50. The fourth-order valence-electron chi connectivity index (χ4n) is 2.62. The van der Waals surface area contributed by atoms with Crippen LogP contribution in [0.3, 0.4) is 0 Å². The molecule has 1 aromatic carbocycles. The van der Waals surface area contributed by atoms with Crippen LogP contribution in [0.2, 0.25) is 0 Å². The van der Waals surface area contributed by atoms with Crippen LogP contribution in [0.4, 0.5) is 0 Å². The molecule has 2 N–H and O–H groups in total. The third-order valence-electron chi connectivity index (χ3n) is 3.77. The van der Waals surface area contributed by atoms with E-state index in [1.54, 1.807) is 30.3 Å². The van der Waals surface area contributed by atoms with E-state index < -0.39 is 23.4 Å². The summed E-state index contributed by atoms with van der Waals surface area (Å²) in [5.74, 6) is -4.20. The standard InChI is InChI=1S/C14H15NO6/c1-21-15-8-10(14(15,12(17)18)13(19)20)7-11(16)9-5-3-2-4-6-9/h2-6,10H,7-8H2,1H3,(H,17,18)(H,19,20).